The fraction of sp³-hybridized carbons (Fsp3) is 0.300. The lowest BCUT2D eigenvalue weighted by Crippen LogP contribution is -2.50. The van der Waals surface area contributed by atoms with Crippen molar-refractivity contribution < 1.29 is 40.7 Å². The number of nitrogens with zero attached hydrogens (tertiary/aromatic N) is 1. The number of benzene rings is 2. The minimum atomic E-state index is -5.20. The van der Waals surface area contributed by atoms with Gasteiger partial charge < -0.3 is 9.47 Å². The highest BCUT2D eigenvalue weighted by Gasteiger charge is 2.35. The van der Waals surface area contributed by atoms with Crippen LogP contribution >= 0.6 is 0 Å². The first kappa shape index (κ1) is 25.1. The van der Waals surface area contributed by atoms with Crippen molar-refractivity contribution in [2.24, 2.45) is 0 Å². The zero-order valence-corrected chi connectivity index (χ0v) is 18.2. The topological polar surface area (TPSA) is 102 Å². The molecule has 0 atom stereocenters. The second-order valence-electron chi connectivity index (χ2n) is 7.47. The van der Waals surface area contributed by atoms with Gasteiger partial charge in [0, 0.05) is 12.1 Å². The summed E-state index contributed by atoms with van der Waals surface area (Å²) >= 11 is 0. The summed E-state index contributed by atoms with van der Waals surface area (Å²) in [5, 5.41) is 0. The molecule has 0 bridgehead atoms. The Morgan fingerprint density at radius 3 is 2.12 bits per heavy atom. The number of halogens is 3. The molecule has 0 radical (unpaired) electrons. The number of nitrogens with one attached hydrogen (secondary N) is 1. The summed E-state index contributed by atoms with van der Waals surface area (Å²) in [6.07, 6.45) is -1.32. The number of ether oxygens (including phenoxy) is 2. The Kier molecular flexibility index (Phi) is 7.86. The molecule has 8 nitrogen and oxygen atoms in total. The number of rotatable bonds is 7. The van der Waals surface area contributed by atoms with E-state index < -0.39 is 56.6 Å². The molecule has 2 aromatic rings. The second-order valence-corrected chi connectivity index (χ2v) is 9.27. The summed E-state index contributed by atoms with van der Waals surface area (Å²) in [7, 11) is -5.20. The van der Waals surface area contributed by atoms with Gasteiger partial charge in [-0.25, -0.2) is 31.8 Å². The number of sulfonamides is 1. The van der Waals surface area contributed by atoms with Crippen molar-refractivity contribution in [2.75, 3.05) is 6.54 Å². The Hall–Kier alpha value is -3.12. The Balaban J connectivity index is 2.31. The van der Waals surface area contributed by atoms with Crippen molar-refractivity contribution in [3.63, 3.8) is 0 Å². The van der Waals surface area contributed by atoms with Crippen molar-refractivity contribution >= 4 is 22.1 Å². The maximum absolute atomic E-state index is 14.1. The van der Waals surface area contributed by atoms with Gasteiger partial charge in [0.05, 0.1) is 0 Å². The molecule has 0 heterocycles. The number of hydrogen-bond donors (Lipinski definition) is 1. The average Bonchev–Trinajstić information content (AvgIpc) is 2.64. The molecule has 12 heteroatoms. The highest BCUT2D eigenvalue weighted by atomic mass is 32.2. The predicted molar refractivity (Wildman–Crippen MR) is 106 cm³/mol. The number of esters is 1. The van der Waals surface area contributed by atoms with E-state index in [2.05, 4.69) is 0 Å². The van der Waals surface area contributed by atoms with Crippen LogP contribution in [0.5, 0.6) is 0 Å². The first-order valence-corrected chi connectivity index (χ1v) is 10.6. The van der Waals surface area contributed by atoms with E-state index in [0.29, 0.717) is 5.56 Å². The van der Waals surface area contributed by atoms with E-state index in [0.717, 1.165) is 0 Å². The van der Waals surface area contributed by atoms with Crippen LogP contribution in [0.3, 0.4) is 0 Å². The lowest BCUT2D eigenvalue weighted by molar-refractivity contribution is -0.145. The lowest BCUT2D eigenvalue weighted by Gasteiger charge is -2.25. The molecule has 174 valence electrons. The molecule has 0 saturated carbocycles. The van der Waals surface area contributed by atoms with Gasteiger partial charge in [-0.1, -0.05) is 34.7 Å². The van der Waals surface area contributed by atoms with Gasteiger partial charge >= 0.3 is 12.1 Å². The van der Waals surface area contributed by atoms with Crippen molar-refractivity contribution in [3.8, 4) is 0 Å². The minimum absolute atomic E-state index is 0.0339. The normalized spacial score (nSPS) is 11.8. The summed E-state index contributed by atoms with van der Waals surface area (Å²) in [5.74, 6) is -6.00. The molecule has 0 fully saturated rings. The fourth-order valence-corrected chi connectivity index (χ4v) is 3.68. The quantitative estimate of drug-likeness (QED) is 0.488. The van der Waals surface area contributed by atoms with Crippen LogP contribution in [-0.2, 0) is 30.9 Å². The molecule has 32 heavy (non-hydrogen) atoms. The summed E-state index contributed by atoms with van der Waals surface area (Å²) < 4.78 is 77.0. The summed E-state index contributed by atoms with van der Waals surface area (Å²) in [4.78, 5) is 22.8. The number of carbonyl (C=O) groups is 2. The maximum Gasteiger partial charge on any atom is 0.423 e. The van der Waals surface area contributed by atoms with Gasteiger partial charge in [-0.3, -0.25) is 4.79 Å². The zero-order valence-electron chi connectivity index (χ0n) is 17.4. The molecular formula is C20H21F3N2O6S. The van der Waals surface area contributed by atoms with Gasteiger partial charge in [0.25, 0.3) is 10.0 Å². The number of hydrazine groups is 1. The van der Waals surface area contributed by atoms with Gasteiger partial charge in [-0.2, -0.15) is 0 Å². The number of hydrogen-bond acceptors (Lipinski definition) is 6. The van der Waals surface area contributed by atoms with Gasteiger partial charge in [-0.15, -0.1) is 0 Å². The van der Waals surface area contributed by atoms with Gasteiger partial charge in [0.2, 0.25) is 0 Å². The third-order valence-electron chi connectivity index (χ3n) is 3.64. The van der Waals surface area contributed by atoms with E-state index >= 15 is 0 Å². The monoisotopic (exact) mass is 474 g/mol. The van der Waals surface area contributed by atoms with E-state index in [1.165, 1.54) is 20.8 Å². The van der Waals surface area contributed by atoms with E-state index in [9.17, 15) is 31.2 Å². The standard InChI is InChI=1S/C20H21F3N2O6S/c1-20(2,3)31-19(27)24-25(11-17(26)30-12-13-7-5-4-6-8-13)32(28,29)18-15(22)9-14(21)10-16(18)23/h4-10H,11-12H2,1-3H3,(H,24,27). The van der Waals surface area contributed by atoms with Crippen LogP contribution in [-0.4, -0.2) is 37.0 Å². The van der Waals surface area contributed by atoms with Crippen LogP contribution < -0.4 is 5.43 Å². The maximum atomic E-state index is 14.1. The molecule has 0 aliphatic rings. The molecule has 0 saturated heterocycles. The Morgan fingerprint density at radius 1 is 1.03 bits per heavy atom. The molecule has 0 aromatic heterocycles. The molecule has 0 unspecified atom stereocenters. The van der Waals surface area contributed by atoms with Crippen LogP contribution in [0.25, 0.3) is 0 Å². The third-order valence-corrected chi connectivity index (χ3v) is 5.35. The first-order chi connectivity index (χ1) is 14.8. The van der Waals surface area contributed by atoms with Gasteiger partial charge in [0.1, 0.15) is 36.2 Å². The number of carbonyl (C=O) groups excluding carboxylic acids is 2. The van der Waals surface area contributed by atoms with Crippen LogP contribution in [0.4, 0.5) is 18.0 Å². The SMILES string of the molecule is CC(C)(C)OC(=O)NN(CC(=O)OCc1ccccc1)S(=O)(=O)c1c(F)cc(F)cc1F. The highest BCUT2D eigenvalue weighted by Crippen LogP contribution is 2.23. The molecule has 1 amide bonds. The zero-order chi connectivity index (χ0) is 24.1. The first-order valence-electron chi connectivity index (χ1n) is 9.16. The van der Waals surface area contributed by atoms with E-state index in [1.54, 1.807) is 35.8 Å². The van der Waals surface area contributed by atoms with Crippen molar-refractivity contribution in [1.29, 1.82) is 0 Å². The summed E-state index contributed by atoms with van der Waals surface area (Å²) in [6, 6.07) is 8.68. The van der Waals surface area contributed by atoms with E-state index in [-0.39, 0.29) is 23.2 Å². The van der Waals surface area contributed by atoms with Gasteiger partial charge in [0.15, 0.2) is 4.90 Å². The number of amides is 1. The van der Waals surface area contributed by atoms with Crippen LogP contribution in [0.2, 0.25) is 0 Å². The molecule has 2 aromatic carbocycles. The van der Waals surface area contributed by atoms with Crippen LogP contribution in [0.15, 0.2) is 47.4 Å². The third kappa shape index (κ3) is 6.95. The molecule has 0 spiro atoms. The average molecular weight is 474 g/mol. The van der Waals surface area contributed by atoms with Crippen LogP contribution in [0, 0.1) is 17.5 Å². The minimum Gasteiger partial charge on any atom is -0.460 e. The van der Waals surface area contributed by atoms with Gasteiger partial charge in [-0.05, 0) is 26.3 Å². The second kappa shape index (κ2) is 10.0. The van der Waals surface area contributed by atoms with Crippen molar-refractivity contribution in [2.45, 2.75) is 37.9 Å². The molecule has 0 aliphatic heterocycles. The largest absolute Gasteiger partial charge is 0.460 e. The highest BCUT2D eigenvalue weighted by molar-refractivity contribution is 7.89. The Morgan fingerprint density at radius 2 is 1.59 bits per heavy atom. The van der Waals surface area contributed by atoms with Crippen molar-refractivity contribution in [3.05, 3.63) is 65.5 Å². The molecular weight excluding hydrogens is 453 g/mol. The van der Waals surface area contributed by atoms with E-state index in [4.69, 9.17) is 9.47 Å². The fourth-order valence-electron chi connectivity index (χ4n) is 2.37. The summed E-state index contributed by atoms with van der Waals surface area (Å²) in [5.41, 5.74) is 1.30. The predicted octanol–water partition coefficient (Wildman–Crippen LogP) is 3.28. The Labute approximate surface area is 182 Å². The molecule has 0 aliphatic carbocycles. The Bertz CT molecular complexity index is 1070. The van der Waals surface area contributed by atoms with Crippen molar-refractivity contribution in [1.82, 2.24) is 9.84 Å². The molecule has 2 rings (SSSR count). The van der Waals surface area contributed by atoms with E-state index in [1.807, 2.05) is 0 Å². The smallest absolute Gasteiger partial charge is 0.423 e. The van der Waals surface area contributed by atoms with Crippen LogP contribution in [0.1, 0.15) is 26.3 Å². The lowest BCUT2D eigenvalue weighted by atomic mass is 10.2. The molecule has 1 N–H and O–H groups in total. The summed E-state index contributed by atoms with van der Waals surface area (Å²) in [6.45, 7) is 3.08.